The minimum Gasteiger partial charge on any atom is -0.485 e. The highest BCUT2D eigenvalue weighted by Gasteiger charge is 2.42. The highest BCUT2D eigenvalue weighted by molar-refractivity contribution is 6.61. The van der Waals surface area contributed by atoms with Gasteiger partial charge in [0.15, 0.2) is 0 Å². The molecule has 2 aromatic rings. The van der Waals surface area contributed by atoms with Crippen molar-refractivity contribution in [2.45, 2.75) is 51.6 Å². The molecular formula is C21H26BNO6. The Bertz CT molecular complexity index is 871. The van der Waals surface area contributed by atoms with Crippen LogP contribution in [0.3, 0.4) is 0 Å². The molecule has 29 heavy (non-hydrogen) atoms. The topological polar surface area (TPSA) is 91.1 Å². The van der Waals surface area contributed by atoms with E-state index >= 15 is 0 Å². The number of rotatable bonds is 8. The molecule has 154 valence electrons. The zero-order valence-electron chi connectivity index (χ0n) is 17.1. The predicted molar refractivity (Wildman–Crippen MR) is 110 cm³/mol. The molecule has 0 fully saturated rings. The van der Waals surface area contributed by atoms with Gasteiger partial charge in [-0.3, -0.25) is 10.1 Å². The van der Waals surface area contributed by atoms with E-state index < -0.39 is 35.9 Å². The summed E-state index contributed by atoms with van der Waals surface area (Å²) in [7, 11) is -1.20. The first-order chi connectivity index (χ1) is 13.6. The molecule has 0 spiro atoms. The molecule has 0 saturated carbocycles. The second kappa shape index (κ2) is 8.14. The molecule has 0 aliphatic carbocycles. The molecule has 0 bridgehead atoms. The lowest BCUT2D eigenvalue weighted by Gasteiger charge is -2.41. The van der Waals surface area contributed by atoms with Gasteiger partial charge in [0.25, 0.3) is 0 Å². The summed E-state index contributed by atoms with van der Waals surface area (Å²) in [5.41, 5.74) is 0.865. The van der Waals surface area contributed by atoms with Gasteiger partial charge in [-0.15, -0.1) is 0 Å². The lowest BCUT2D eigenvalue weighted by atomic mass is 9.79. The minimum atomic E-state index is -1.20. The van der Waals surface area contributed by atoms with Gasteiger partial charge in [0.1, 0.15) is 23.1 Å². The number of nitrogens with zero attached hydrogens (tertiary/aromatic N) is 1. The third-order valence-corrected chi connectivity index (χ3v) is 5.54. The van der Waals surface area contributed by atoms with Crippen molar-refractivity contribution < 1.29 is 24.1 Å². The molecule has 8 heteroatoms. The van der Waals surface area contributed by atoms with Gasteiger partial charge in [0.05, 0.1) is 6.61 Å². The average Bonchev–Trinajstić information content (AvgIpc) is 2.95. The Kier molecular flexibility index (Phi) is 5.98. The first-order valence-corrected chi connectivity index (χ1v) is 9.55. The second-order valence-corrected chi connectivity index (χ2v) is 8.18. The van der Waals surface area contributed by atoms with Crippen molar-refractivity contribution in [1.82, 2.24) is 0 Å². The third-order valence-electron chi connectivity index (χ3n) is 5.54. The first kappa shape index (κ1) is 21.3. The Morgan fingerprint density at radius 3 is 2.48 bits per heavy atom. The fourth-order valence-electron chi connectivity index (χ4n) is 3.13. The van der Waals surface area contributed by atoms with E-state index in [1.54, 1.807) is 18.2 Å². The Morgan fingerprint density at radius 2 is 1.83 bits per heavy atom. The number of ether oxygens (including phenoxy) is 2. The van der Waals surface area contributed by atoms with E-state index in [9.17, 15) is 15.1 Å². The maximum absolute atomic E-state index is 10.8. The van der Waals surface area contributed by atoms with E-state index in [0.717, 1.165) is 5.56 Å². The van der Waals surface area contributed by atoms with Crippen LogP contribution in [-0.4, -0.2) is 34.8 Å². The summed E-state index contributed by atoms with van der Waals surface area (Å²) < 4.78 is 17.7. The SMILES string of the molecule is CC(C)(OCc1ccccc1)C(C)(C)Oc1ccc2c(c1)B(O)OC2C[N+](=O)[O-]. The number of hydrogen-bond donors (Lipinski definition) is 1. The number of benzene rings is 2. The second-order valence-electron chi connectivity index (χ2n) is 8.18. The quantitative estimate of drug-likeness (QED) is 0.417. The summed E-state index contributed by atoms with van der Waals surface area (Å²) in [5.74, 6) is 0.537. The van der Waals surface area contributed by atoms with Crippen LogP contribution in [0.25, 0.3) is 0 Å². The maximum atomic E-state index is 10.8. The smallest absolute Gasteiger partial charge is 0.485 e. The fourth-order valence-corrected chi connectivity index (χ4v) is 3.13. The summed E-state index contributed by atoms with van der Waals surface area (Å²) >= 11 is 0. The van der Waals surface area contributed by atoms with Crippen molar-refractivity contribution in [2.24, 2.45) is 0 Å². The van der Waals surface area contributed by atoms with Crippen LogP contribution in [0.4, 0.5) is 0 Å². The van der Waals surface area contributed by atoms with E-state index in [1.807, 2.05) is 58.0 Å². The summed E-state index contributed by atoms with van der Waals surface area (Å²) in [4.78, 5) is 10.4. The minimum absolute atomic E-state index is 0.393. The van der Waals surface area contributed by atoms with Crippen molar-refractivity contribution in [2.75, 3.05) is 6.54 Å². The highest BCUT2D eigenvalue weighted by atomic mass is 16.6. The van der Waals surface area contributed by atoms with Crippen LogP contribution < -0.4 is 10.2 Å². The summed E-state index contributed by atoms with van der Waals surface area (Å²) in [5, 5.41) is 20.9. The molecule has 1 unspecified atom stereocenters. The monoisotopic (exact) mass is 399 g/mol. The third kappa shape index (κ3) is 4.78. The molecule has 1 aliphatic rings. The molecule has 3 rings (SSSR count). The Balaban J connectivity index is 1.72. The number of hydrogen-bond acceptors (Lipinski definition) is 6. The molecule has 7 nitrogen and oxygen atoms in total. The van der Waals surface area contributed by atoms with Crippen molar-refractivity contribution in [3.63, 3.8) is 0 Å². The van der Waals surface area contributed by atoms with Gasteiger partial charge in [-0.05, 0) is 56.4 Å². The van der Waals surface area contributed by atoms with Crippen LogP contribution in [0.1, 0.15) is 44.9 Å². The zero-order valence-corrected chi connectivity index (χ0v) is 17.1. The molecule has 2 aromatic carbocycles. The van der Waals surface area contributed by atoms with Gasteiger partial charge in [-0.25, -0.2) is 0 Å². The fraction of sp³-hybridized carbons (Fsp3) is 0.429. The molecule has 1 aliphatic heterocycles. The van der Waals surface area contributed by atoms with Gasteiger partial charge in [-0.2, -0.15) is 0 Å². The van der Waals surface area contributed by atoms with Gasteiger partial charge in [0.2, 0.25) is 6.54 Å². The van der Waals surface area contributed by atoms with E-state index in [0.29, 0.717) is 23.4 Å². The van der Waals surface area contributed by atoms with Crippen molar-refractivity contribution in [3.05, 3.63) is 69.8 Å². The van der Waals surface area contributed by atoms with Crippen LogP contribution in [0, 0.1) is 10.1 Å². The van der Waals surface area contributed by atoms with E-state index in [1.165, 1.54) is 0 Å². The zero-order chi connectivity index (χ0) is 21.2. The molecule has 1 N–H and O–H groups in total. The first-order valence-electron chi connectivity index (χ1n) is 9.55. The van der Waals surface area contributed by atoms with Gasteiger partial charge in [0, 0.05) is 4.92 Å². The van der Waals surface area contributed by atoms with E-state index in [4.69, 9.17) is 14.1 Å². The Morgan fingerprint density at radius 1 is 1.14 bits per heavy atom. The van der Waals surface area contributed by atoms with Gasteiger partial charge < -0.3 is 19.2 Å². The van der Waals surface area contributed by atoms with Crippen LogP contribution in [0.15, 0.2) is 48.5 Å². The Labute approximate surface area is 170 Å². The van der Waals surface area contributed by atoms with Crippen molar-refractivity contribution in [1.29, 1.82) is 0 Å². The highest BCUT2D eigenvalue weighted by Crippen LogP contribution is 2.33. The van der Waals surface area contributed by atoms with Crippen LogP contribution in [0.2, 0.25) is 0 Å². The largest absolute Gasteiger partial charge is 0.492 e. The normalized spacial score (nSPS) is 16.6. The molecule has 1 atom stereocenters. The van der Waals surface area contributed by atoms with Gasteiger partial charge in [-0.1, -0.05) is 36.4 Å². The summed E-state index contributed by atoms with van der Waals surface area (Å²) in [6.07, 6.45) is -0.761. The molecule has 0 radical (unpaired) electrons. The van der Waals surface area contributed by atoms with E-state index in [-0.39, 0.29) is 0 Å². The number of nitro groups is 1. The van der Waals surface area contributed by atoms with E-state index in [2.05, 4.69) is 0 Å². The van der Waals surface area contributed by atoms with Gasteiger partial charge >= 0.3 is 7.12 Å². The van der Waals surface area contributed by atoms with Crippen LogP contribution >= 0.6 is 0 Å². The summed E-state index contributed by atoms with van der Waals surface area (Å²) in [6.45, 7) is 7.88. The van der Waals surface area contributed by atoms with Crippen molar-refractivity contribution in [3.8, 4) is 5.75 Å². The molecule has 0 saturated heterocycles. The lowest BCUT2D eigenvalue weighted by Crippen LogP contribution is -2.51. The average molecular weight is 399 g/mol. The number of fused-ring (bicyclic) bond motifs is 1. The molecular weight excluding hydrogens is 373 g/mol. The van der Waals surface area contributed by atoms with Crippen molar-refractivity contribution >= 4 is 12.6 Å². The molecule has 0 amide bonds. The standard InChI is InChI=1S/C21H26BNO6/c1-20(2,27-14-15-8-6-5-7-9-15)21(3,4)28-16-10-11-17-18(12-16)22(24)29-19(17)13-23(25)26/h5-12,19,24H,13-14H2,1-4H3. The van der Waals surface area contributed by atoms with Crippen LogP contribution in [-0.2, 0) is 16.0 Å². The Hall–Kier alpha value is -2.42. The maximum Gasteiger partial charge on any atom is 0.492 e. The lowest BCUT2D eigenvalue weighted by molar-refractivity contribution is -0.490. The molecule has 0 aromatic heterocycles. The summed E-state index contributed by atoms with van der Waals surface area (Å²) in [6, 6.07) is 15.0. The molecule has 1 heterocycles. The van der Waals surface area contributed by atoms with Crippen LogP contribution in [0.5, 0.6) is 5.75 Å². The predicted octanol–water partition coefficient (Wildman–Crippen LogP) is 2.87.